The average molecular weight is 277 g/mol. The lowest BCUT2D eigenvalue weighted by Crippen LogP contribution is -2.46. The fraction of sp³-hybridized carbons (Fsp3) is 0.533. The number of rotatable bonds is 6. The summed E-state index contributed by atoms with van der Waals surface area (Å²) < 4.78 is 5.17. The second-order valence-corrected chi connectivity index (χ2v) is 5.10. The van der Waals surface area contributed by atoms with Gasteiger partial charge in [0.2, 0.25) is 5.91 Å². The lowest BCUT2D eigenvalue weighted by molar-refractivity contribution is -0.118. The third-order valence-electron chi connectivity index (χ3n) is 3.71. The summed E-state index contributed by atoms with van der Waals surface area (Å²) in [7, 11) is 1.68. The fourth-order valence-corrected chi connectivity index (χ4v) is 2.50. The molecule has 1 amide bonds. The smallest absolute Gasteiger partial charge is 0.217 e. The fourth-order valence-electron chi connectivity index (χ4n) is 2.50. The maximum Gasteiger partial charge on any atom is 0.217 e. The van der Waals surface area contributed by atoms with E-state index < -0.39 is 0 Å². The van der Waals surface area contributed by atoms with Gasteiger partial charge in [-0.1, -0.05) is 0 Å². The summed E-state index contributed by atoms with van der Waals surface area (Å²) in [6, 6.07) is 8.19. The van der Waals surface area contributed by atoms with Gasteiger partial charge in [-0.05, 0) is 37.2 Å². The molecule has 0 aliphatic carbocycles. The maximum absolute atomic E-state index is 10.7. The van der Waals surface area contributed by atoms with Crippen LogP contribution in [-0.2, 0) is 4.79 Å². The van der Waals surface area contributed by atoms with Gasteiger partial charge < -0.3 is 15.4 Å². The normalized spacial score (nSPS) is 16.1. The maximum atomic E-state index is 10.7. The molecule has 1 fully saturated rings. The van der Waals surface area contributed by atoms with Crippen molar-refractivity contribution in [3.8, 4) is 5.75 Å². The number of carbonyl (C=O) groups excluding carboxylic acids is 1. The number of anilines is 1. The minimum absolute atomic E-state index is 0.207. The van der Waals surface area contributed by atoms with Crippen LogP contribution >= 0.6 is 0 Å². The van der Waals surface area contributed by atoms with Gasteiger partial charge in [-0.3, -0.25) is 9.69 Å². The van der Waals surface area contributed by atoms with Crippen molar-refractivity contribution in [2.75, 3.05) is 44.7 Å². The third kappa shape index (κ3) is 4.13. The Morgan fingerprint density at radius 3 is 2.40 bits per heavy atom. The highest BCUT2D eigenvalue weighted by atomic mass is 16.5. The Bertz CT molecular complexity index is 425. The Morgan fingerprint density at radius 2 is 1.85 bits per heavy atom. The Morgan fingerprint density at radius 1 is 1.20 bits per heavy atom. The topological polar surface area (TPSA) is 58.8 Å². The van der Waals surface area contributed by atoms with Gasteiger partial charge in [-0.25, -0.2) is 0 Å². The van der Waals surface area contributed by atoms with E-state index in [-0.39, 0.29) is 5.91 Å². The molecule has 0 radical (unpaired) electrons. The van der Waals surface area contributed by atoms with E-state index in [1.165, 1.54) is 5.69 Å². The number of hydrogen-bond acceptors (Lipinski definition) is 4. The molecule has 1 aliphatic rings. The first kappa shape index (κ1) is 14.7. The number of nitrogens with zero attached hydrogens (tertiary/aromatic N) is 2. The largest absolute Gasteiger partial charge is 0.497 e. The molecule has 1 heterocycles. The molecular formula is C15H23N3O2. The van der Waals surface area contributed by atoms with Crippen molar-refractivity contribution in [1.82, 2.24) is 4.90 Å². The van der Waals surface area contributed by atoms with E-state index in [0.29, 0.717) is 6.42 Å². The van der Waals surface area contributed by atoms with Crippen LogP contribution in [0.1, 0.15) is 12.8 Å². The van der Waals surface area contributed by atoms with Crippen LogP contribution in [0.25, 0.3) is 0 Å². The summed E-state index contributed by atoms with van der Waals surface area (Å²) in [6.07, 6.45) is 1.34. The number of nitrogens with two attached hydrogens (primary N) is 1. The summed E-state index contributed by atoms with van der Waals surface area (Å²) in [5.74, 6) is 0.681. The Balaban J connectivity index is 1.77. The van der Waals surface area contributed by atoms with Gasteiger partial charge in [-0.2, -0.15) is 0 Å². The van der Waals surface area contributed by atoms with Crippen molar-refractivity contribution in [2.24, 2.45) is 5.73 Å². The van der Waals surface area contributed by atoms with E-state index in [2.05, 4.69) is 21.9 Å². The molecule has 1 saturated heterocycles. The van der Waals surface area contributed by atoms with Crippen LogP contribution in [0.15, 0.2) is 24.3 Å². The molecule has 1 aliphatic heterocycles. The van der Waals surface area contributed by atoms with Crippen LogP contribution < -0.4 is 15.4 Å². The highest BCUT2D eigenvalue weighted by Gasteiger charge is 2.16. The van der Waals surface area contributed by atoms with E-state index in [1.54, 1.807) is 7.11 Å². The van der Waals surface area contributed by atoms with Crippen LogP contribution in [0, 0.1) is 0 Å². The zero-order chi connectivity index (χ0) is 14.4. The Kier molecular flexibility index (Phi) is 5.24. The summed E-state index contributed by atoms with van der Waals surface area (Å²) in [5.41, 5.74) is 6.39. The lowest BCUT2D eigenvalue weighted by atomic mass is 10.2. The number of amides is 1. The number of benzene rings is 1. The molecule has 0 saturated carbocycles. The zero-order valence-electron chi connectivity index (χ0n) is 12.0. The molecule has 0 unspecified atom stereocenters. The third-order valence-corrected chi connectivity index (χ3v) is 3.71. The predicted molar refractivity (Wildman–Crippen MR) is 80.1 cm³/mol. The minimum atomic E-state index is -0.207. The Hall–Kier alpha value is -1.75. The van der Waals surface area contributed by atoms with E-state index in [0.717, 1.165) is 44.9 Å². The van der Waals surface area contributed by atoms with Gasteiger partial charge in [0.1, 0.15) is 5.75 Å². The van der Waals surface area contributed by atoms with Crippen LogP contribution in [0.2, 0.25) is 0 Å². The van der Waals surface area contributed by atoms with Crippen molar-refractivity contribution < 1.29 is 9.53 Å². The van der Waals surface area contributed by atoms with Gasteiger partial charge in [0.15, 0.2) is 0 Å². The number of ether oxygens (including phenoxy) is 1. The number of methoxy groups -OCH3 is 1. The first-order chi connectivity index (χ1) is 9.69. The van der Waals surface area contributed by atoms with Crippen LogP contribution in [0.5, 0.6) is 5.75 Å². The summed E-state index contributed by atoms with van der Waals surface area (Å²) in [5, 5.41) is 0. The van der Waals surface area contributed by atoms with E-state index in [9.17, 15) is 4.79 Å². The number of carbonyl (C=O) groups is 1. The van der Waals surface area contributed by atoms with E-state index in [4.69, 9.17) is 10.5 Å². The second-order valence-electron chi connectivity index (χ2n) is 5.10. The van der Waals surface area contributed by atoms with Crippen molar-refractivity contribution in [3.05, 3.63) is 24.3 Å². The highest BCUT2D eigenvalue weighted by molar-refractivity contribution is 5.73. The van der Waals surface area contributed by atoms with Gasteiger partial charge >= 0.3 is 0 Å². The van der Waals surface area contributed by atoms with Crippen LogP contribution in [-0.4, -0.2) is 50.6 Å². The van der Waals surface area contributed by atoms with Gasteiger partial charge in [0.05, 0.1) is 7.11 Å². The van der Waals surface area contributed by atoms with Crippen molar-refractivity contribution in [1.29, 1.82) is 0 Å². The van der Waals surface area contributed by atoms with E-state index >= 15 is 0 Å². The first-order valence-electron chi connectivity index (χ1n) is 7.08. The second kappa shape index (κ2) is 7.14. The van der Waals surface area contributed by atoms with Crippen molar-refractivity contribution in [3.63, 3.8) is 0 Å². The Labute approximate surface area is 120 Å². The van der Waals surface area contributed by atoms with Crippen molar-refractivity contribution >= 4 is 11.6 Å². The molecule has 20 heavy (non-hydrogen) atoms. The predicted octanol–water partition coefficient (Wildman–Crippen LogP) is 1.08. The molecule has 1 aromatic carbocycles. The number of piperazine rings is 1. The molecule has 2 N–H and O–H groups in total. The summed E-state index contributed by atoms with van der Waals surface area (Å²) in [4.78, 5) is 15.5. The monoisotopic (exact) mass is 277 g/mol. The molecule has 0 atom stereocenters. The molecule has 2 rings (SSSR count). The highest BCUT2D eigenvalue weighted by Crippen LogP contribution is 2.20. The molecule has 0 bridgehead atoms. The molecule has 5 heteroatoms. The standard InChI is InChI=1S/C15H23N3O2/c1-20-14-6-4-13(5-7-14)18-11-9-17(10-12-18)8-2-3-15(16)19/h4-7H,2-3,8-12H2,1H3,(H2,16,19). The zero-order valence-corrected chi connectivity index (χ0v) is 12.0. The molecule has 1 aromatic rings. The number of primary amides is 1. The summed E-state index contributed by atoms with van der Waals surface area (Å²) >= 11 is 0. The quantitative estimate of drug-likeness (QED) is 0.845. The molecule has 110 valence electrons. The first-order valence-corrected chi connectivity index (χ1v) is 7.08. The van der Waals surface area contributed by atoms with E-state index in [1.807, 2.05) is 12.1 Å². The minimum Gasteiger partial charge on any atom is -0.497 e. The van der Waals surface area contributed by atoms with Crippen LogP contribution in [0.3, 0.4) is 0 Å². The number of hydrogen-bond donors (Lipinski definition) is 1. The van der Waals surface area contributed by atoms with Crippen LogP contribution in [0.4, 0.5) is 5.69 Å². The van der Waals surface area contributed by atoms with Gasteiger partial charge in [-0.15, -0.1) is 0 Å². The molecule has 5 nitrogen and oxygen atoms in total. The average Bonchev–Trinajstić information content (AvgIpc) is 2.48. The van der Waals surface area contributed by atoms with Crippen molar-refractivity contribution in [2.45, 2.75) is 12.8 Å². The molecular weight excluding hydrogens is 254 g/mol. The SMILES string of the molecule is COc1ccc(N2CCN(CCCC(N)=O)CC2)cc1. The summed E-state index contributed by atoms with van der Waals surface area (Å²) in [6.45, 7) is 5.06. The molecule has 0 spiro atoms. The van der Waals surface area contributed by atoms with Gasteiger partial charge in [0, 0.05) is 38.3 Å². The lowest BCUT2D eigenvalue weighted by Gasteiger charge is -2.36. The molecule has 0 aromatic heterocycles. The van der Waals surface area contributed by atoms with Gasteiger partial charge in [0.25, 0.3) is 0 Å².